The van der Waals surface area contributed by atoms with E-state index in [9.17, 15) is 9.59 Å². The number of quaternary nitrogens is 1. The molecule has 0 saturated carbocycles. The number of hydrogen-bond donors (Lipinski definition) is 2. The largest absolute Gasteiger partial charge is 0.331 e. The first-order chi connectivity index (χ1) is 13.4. The van der Waals surface area contributed by atoms with E-state index in [0.717, 1.165) is 41.0 Å². The minimum atomic E-state index is 0.0343. The average molecular weight is 381 g/mol. The van der Waals surface area contributed by atoms with Crippen LogP contribution in [0.25, 0.3) is 0 Å². The van der Waals surface area contributed by atoms with E-state index in [1.165, 1.54) is 4.90 Å². The number of nitrogens with one attached hydrogen (secondary N) is 2. The molecule has 0 atom stereocenters. The van der Waals surface area contributed by atoms with Crippen molar-refractivity contribution in [3.05, 3.63) is 64.7 Å². The molecule has 1 aliphatic rings. The van der Waals surface area contributed by atoms with Gasteiger partial charge < -0.3 is 15.1 Å². The van der Waals surface area contributed by atoms with Gasteiger partial charge in [-0.2, -0.15) is 0 Å². The molecule has 2 amide bonds. The van der Waals surface area contributed by atoms with Gasteiger partial charge in [0.2, 0.25) is 5.91 Å². The smallest absolute Gasteiger partial charge is 0.279 e. The van der Waals surface area contributed by atoms with E-state index in [0.29, 0.717) is 26.1 Å². The molecule has 1 fully saturated rings. The second-order valence-corrected chi connectivity index (χ2v) is 7.73. The van der Waals surface area contributed by atoms with Gasteiger partial charge in [-0.05, 0) is 43.0 Å². The molecule has 2 N–H and O–H groups in total. The summed E-state index contributed by atoms with van der Waals surface area (Å²) in [5, 5.41) is 3.06. The lowest BCUT2D eigenvalue weighted by Crippen LogP contribution is -3.15. The third-order valence-corrected chi connectivity index (χ3v) is 5.58. The van der Waals surface area contributed by atoms with Crippen molar-refractivity contribution in [2.24, 2.45) is 0 Å². The Bertz CT molecular complexity index is 834. The number of benzene rings is 2. The number of nitrogens with zero attached hydrogens (tertiary/aromatic N) is 1. The molecule has 0 radical (unpaired) electrons. The number of rotatable bonds is 5. The summed E-state index contributed by atoms with van der Waals surface area (Å²) in [6.07, 6.45) is 0.453. The van der Waals surface area contributed by atoms with Crippen molar-refractivity contribution in [1.82, 2.24) is 4.90 Å². The molecule has 0 bridgehead atoms. The number of aryl methyl sites for hydroxylation is 3. The number of carbonyl (C=O) groups is 2. The average Bonchev–Trinajstić information content (AvgIpc) is 2.67. The number of anilines is 1. The van der Waals surface area contributed by atoms with E-state index in [2.05, 4.69) is 5.32 Å². The van der Waals surface area contributed by atoms with Gasteiger partial charge in [0, 0.05) is 5.69 Å². The van der Waals surface area contributed by atoms with Crippen LogP contribution in [0.1, 0.15) is 22.3 Å². The van der Waals surface area contributed by atoms with E-state index in [1.807, 2.05) is 68.1 Å². The Kier molecular flexibility index (Phi) is 6.47. The number of carbonyl (C=O) groups excluding carboxylic acids is 2. The molecule has 0 aromatic heterocycles. The van der Waals surface area contributed by atoms with Crippen LogP contribution in [-0.2, 0) is 16.0 Å². The highest BCUT2D eigenvalue weighted by molar-refractivity contribution is 5.93. The van der Waals surface area contributed by atoms with Crippen LogP contribution in [0.2, 0.25) is 0 Å². The van der Waals surface area contributed by atoms with Crippen molar-refractivity contribution in [2.45, 2.75) is 27.2 Å². The molecule has 5 nitrogen and oxygen atoms in total. The van der Waals surface area contributed by atoms with Crippen molar-refractivity contribution in [3.63, 3.8) is 0 Å². The standard InChI is InChI=1S/C23H29N3O2/c1-17-7-4-5-10-20(17)15-22(28)26-13-11-25(12-14-26)16-21(27)24-23-18(2)8-6-9-19(23)3/h4-10H,11-16H2,1-3H3,(H,24,27)/p+1. The lowest BCUT2D eigenvalue weighted by Gasteiger charge is -2.32. The summed E-state index contributed by atoms with van der Waals surface area (Å²) in [6.45, 7) is 9.52. The van der Waals surface area contributed by atoms with Crippen LogP contribution < -0.4 is 10.2 Å². The Balaban J connectivity index is 1.48. The van der Waals surface area contributed by atoms with Crippen LogP contribution >= 0.6 is 0 Å². The summed E-state index contributed by atoms with van der Waals surface area (Å²) in [7, 11) is 0. The highest BCUT2D eigenvalue weighted by Crippen LogP contribution is 2.18. The Hall–Kier alpha value is -2.66. The van der Waals surface area contributed by atoms with Crippen molar-refractivity contribution < 1.29 is 14.5 Å². The Morgan fingerprint density at radius 2 is 1.54 bits per heavy atom. The maximum absolute atomic E-state index is 12.6. The van der Waals surface area contributed by atoms with Crippen LogP contribution in [0.3, 0.4) is 0 Å². The van der Waals surface area contributed by atoms with Crippen molar-refractivity contribution in [3.8, 4) is 0 Å². The fourth-order valence-corrected chi connectivity index (χ4v) is 3.75. The van der Waals surface area contributed by atoms with E-state index in [-0.39, 0.29) is 11.8 Å². The molecule has 2 aromatic carbocycles. The van der Waals surface area contributed by atoms with Gasteiger partial charge in [0.15, 0.2) is 6.54 Å². The van der Waals surface area contributed by atoms with E-state index in [4.69, 9.17) is 0 Å². The lowest BCUT2D eigenvalue weighted by molar-refractivity contribution is -0.895. The van der Waals surface area contributed by atoms with Gasteiger partial charge in [0.25, 0.3) is 5.91 Å². The normalized spacial score (nSPS) is 14.8. The summed E-state index contributed by atoms with van der Waals surface area (Å²) in [6, 6.07) is 14.1. The highest BCUT2D eigenvalue weighted by atomic mass is 16.2. The van der Waals surface area contributed by atoms with Crippen LogP contribution in [0.5, 0.6) is 0 Å². The second-order valence-electron chi connectivity index (χ2n) is 7.73. The van der Waals surface area contributed by atoms with Gasteiger partial charge in [-0.25, -0.2) is 0 Å². The maximum Gasteiger partial charge on any atom is 0.279 e. The van der Waals surface area contributed by atoms with Crippen molar-refractivity contribution >= 4 is 17.5 Å². The zero-order valence-electron chi connectivity index (χ0n) is 17.0. The fourth-order valence-electron chi connectivity index (χ4n) is 3.75. The predicted molar refractivity (Wildman–Crippen MR) is 112 cm³/mol. The number of piperazine rings is 1. The van der Waals surface area contributed by atoms with Crippen LogP contribution in [0.4, 0.5) is 5.69 Å². The SMILES string of the molecule is Cc1ccccc1CC(=O)N1CC[NH+](CC(=O)Nc2c(C)cccc2C)CC1. The minimum Gasteiger partial charge on any atom is -0.331 e. The van der Waals surface area contributed by atoms with Gasteiger partial charge in [0.05, 0.1) is 32.6 Å². The summed E-state index contributed by atoms with van der Waals surface area (Å²) in [5.41, 5.74) is 5.32. The molecule has 28 heavy (non-hydrogen) atoms. The minimum absolute atomic E-state index is 0.0343. The van der Waals surface area contributed by atoms with Gasteiger partial charge in [0.1, 0.15) is 0 Å². The summed E-state index contributed by atoms with van der Waals surface area (Å²) < 4.78 is 0. The molecule has 0 spiro atoms. The van der Waals surface area contributed by atoms with Gasteiger partial charge in [-0.3, -0.25) is 9.59 Å². The zero-order valence-corrected chi connectivity index (χ0v) is 17.0. The number of hydrogen-bond acceptors (Lipinski definition) is 2. The molecule has 3 rings (SSSR count). The monoisotopic (exact) mass is 380 g/mol. The zero-order chi connectivity index (χ0) is 20.1. The van der Waals surface area contributed by atoms with E-state index >= 15 is 0 Å². The van der Waals surface area contributed by atoms with E-state index in [1.54, 1.807) is 0 Å². The maximum atomic E-state index is 12.6. The van der Waals surface area contributed by atoms with Crippen LogP contribution in [-0.4, -0.2) is 49.4 Å². The fraction of sp³-hybridized carbons (Fsp3) is 0.391. The molecule has 0 unspecified atom stereocenters. The Morgan fingerprint density at radius 1 is 0.929 bits per heavy atom. The van der Waals surface area contributed by atoms with Crippen molar-refractivity contribution in [2.75, 3.05) is 38.0 Å². The summed E-state index contributed by atoms with van der Waals surface area (Å²) in [4.78, 5) is 28.2. The first-order valence-electron chi connectivity index (χ1n) is 9.96. The quantitative estimate of drug-likeness (QED) is 0.826. The molecule has 0 aliphatic carbocycles. The molecule has 1 saturated heterocycles. The van der Waals surface area contributed by atoms with Crippen LogP contribution in [0, 0.1) is 20.8 Å². The van der Waals surface area contributed by atoms with E-state index < -0.39 is 0 Å². The van der Waals surface area contributed by atoms with Gasteiger partial charge in [-0.15, -0.1) is 0 Å². The molecule has 5 heteroatoms. The second kappa shape index (κ2) is 9.02. The number of amides is 2. The first kappa shape index (κ1) is 20.1. The predicted octanol–water partition coefficient (Wildman–Crippen LogP) is 1.52. The molecular formula is C23H30N3O2+. The first-order valence-corrected chi connectivity index (χ1v) is 9.96. The molecule has 1 aliphatic heterocycles. The summed E-state index contributed by atoms with van der Waals surface area (Å²) >= 11 is 0. The molecule has 1 heterocycles. The Morgan fingerprint density at radius 3 is 2.18 bits per heavy atom. The molecule has 2 aromatic rings. The van der Waals surface area contributed by atoms with Gasteiger partial charge in [-0.1, -0.05) is 42.5 Å². The third-order valence-electron chi connectivity index (χ3n) is 5.58. The number of para-hydroxylation sites is 1. The topological polar surface area (TPSA) is 53.9 Å². The highest BCUT2D eigenvalue weighted by Gasteiger charge is 2.25. The Labute approximate surface area is 167 Å². The summed E-state index contributed by atoms with van der Waals surface area (Å²) in [5.74, 6) is 0.209. The van der Waals surface area contributed by atoms with Crippen molar-refractivity contribution in [1.29, 1.82) is 0 Å². The molecule has 148 valence electrons. The molecular weight excluding hydrogens is 350 g/mol. The van der Waals surface area contributed by atoms with Gasteiger partial charge >= 0.3 is 0 Å². The third kappa shape index (κ3) is 4.98. The van der Waals surface area contributed by atoms with Crippen LogP contribution in [0.15, 0.2) is 42.5 Å². The lowest BCUT2D eigenvalue weighted by atomic mass is 10.1.